The fourth-order valence-electron chi connectivity index (χ4n) is 6.50. The molecule has 4 aromatic carbocycles. The number of nitrogens with zero attached hydrogens (tertiary/aromatic N) is 1. The highest BCUT2D eigenvalue weighted by Crippen LogP contribution is 2.24. The van der Waals surface area contributed by atoms with Gasteiger partial charge in [0.15, 0.2) is 0 Å². The molecule has 2 saturated heterocycles. The summed E-state index contributed by atoms with van der Waals surface area (Å²) >= 11 is 0. The van der Waals surface area contributed by atoms with Gasteiger partial charge >= 0.3 is 5.97 Å². The second-order valence-electron chi connectivity index (χ2n) is 13.3. The summed E-state index contributed by atoms with van der Waals surface area (Å²) in [6.45, 7) is 5.62. The molecule has 0 radical (unpaired) electrons. The van der Waals surface area contributed by atoms with Crippen LogP contribution in [0.15, 0.2) is 109 Å². The Labute approximate surface area is 332 Å². The number of piperidine rings is 2. The van der Waals surface area contributed by atoms with Crippen molar-refractivity contribution in [3.63, 3.8) is 0 Å². The van der Waals surface area contributed by atoms with Gasteiger partial charge in [0.05, 0.1) is 40.3 Å². The van der Waals surface area contributed by atoms with Crippen LogP contribution in [0.4, 0.5) is 4.70 Å². The number of rotatable bonds is 14. The van der Waals surface area contributed by atoms with Crippen LogP contribution in [0.5, 0.6) is 23.0 Å². The smallest absolute Gasteiger partial charge is 0.307 e. The zero-order valence-corrected chi connectivity index (χ0v) is 32.9. The fraction of sp³-hybridized carbons (Fsp3) is 0.409. The van der Waals surface area contributed by atoms with Gasteiger partial charge in [-0.3, -0.25) is 14.3 Å². The second kappa shape index (κ2) is 26.9. The summed E-state index contributed by atoms with van der Waals surface area (Å²) in [5.41, 5.74) is 1.66. The first kappa shape index (κ1) is 46.4. The van der Waals surface area contributed by atoms with Crippen LogP contribution in [0.3, 0.4) is 0 Å². The lowest BCUT2D eigenvalue weighted by molar-refractivity contribution is -0.136. The van der Waals surface area contributed by atoms with Gasteiger partial charge in [0, 0.05) is 24.2 Å². The van der Waals surface area contributed by atoms with Crippen molar-refractivity contribution >= 4 is 24.3 Å². The van der Waals surface area contributed by atoms with Crippen molar-refractivity contribution in [1.29, 1.82) is 0 Å². The van der Waals surface area contributed by atoms with Gasteiger partial charge in [-0.05, 0) is 99.8 Å². The molecule has 0 atom stereocenters. The van der Waals surface area contributed by atoms with Crippen LogP contribution < -0.4 is 24.3 Å². The van der Waals surface area contributed by atoms with E-state index in [-0.39, 0.29) is 29.4 Å². The third-order valence-corrected chi connectivity index (χ3v) is 9.57. The first-order valence-electron chi connectivity index (χ1n) is 18.7. The van der Waals surface area contributed by atoms with Crippen molar-refractivity contribution < 1.29 is 38.3 Å². The van der Waals surface area contributed by atoms with E-state index < -0.39 is 5.97 Å². The highest BCUT2D eigenvalue weighted by atomic mass is 35.5. The van der Waals surface area contributed by atoms with Crippen molar-refractivity contribution in [3.8, 4) is 23.0 Å². The van der Waals surface area contributed by atoms with Gasteiger partial charge in [-0.2, -0.15) is 0 Å². The van der Waals surface area contributed by atoms with Crippen LogP contribution in [0.2, 0.25) is 0 Å². The topological polar surface area (TPSA) is 107 Å². The standard InChI is InChI=1S/C22H27NO3.C13H19NO.C9H10O3.ClH.FH/c1-25-21-10-6-5-7-19(21)17-22(24)23-14-11-18(12-15-23)13-16-26-20-8-3-2-4-9-20;1-2-4-13(5-3-1)15-11-8-12-6-9-14-10-7-12;1-12-8-5-3-2-4-7(8)6-9(10)11;;/h2-10,18H,11-17H2,1H3;1-5,12,14H,6-11H2;2-5H,6H2,1H3,(H,10,11);2*1H. The number of hydrogen-bond acceptors (Lipinski definition) is 7. The Morgan fingerprint density at radius 3 is 1.51 bits per heavy atom. The predicted molar refractivity (Wildman–Crippen MR) is 219 cm³/mol. The number of carboxylic acids is 1. The molecule has 2 aliphatic heterocycles. The highest BCUT2D eigenvalue weighted by Gasteiger charge is 2.23. The van der Waals surface area contributed by atoms with Crippen molar-refractivity contribution in [2.45, 2.75) is 51.4 Å². The van der Waals surface area contributed by atoms with Gasteiger partial charge in [0.2, 0.25) is 5.91 Å². The number of carbonyl (C=O) groups is 2. The zero-order chi connectivity index (χ0) is 37.5. The molecule has 2 fully saturated rings. The summed E-state index contributed by atoms with van der Waals surface area (Å²) in [4.78, 5) is 25.0. The Balaban J connectivity index is 0.000000307. The van der Waals surface area contributed by atoms with E-state index in [2.05, 4.69) is 5.32 Å². The second-order valence-corrected chi connectivity index (χ2v) is 13.3. The molecule has 0 spiro atoms. The number of benzene rings is 4. The van der Waals surface area contributed by atoms with E-state index in [4.69, 9.17) is 24.1 Å². The molecule has 2 aliphatic rings. The number of para-hydroxylation sites is 4. The maximum Gasteiger partial charge on any atom is 0.307 e. The van der Waals surface area contributed by atoms with Crippen LogP contribution in [0.25, 0.3) is 0 Å². The van der Waals surface area contributed by atoms with Gasteiger partial charge in [0.25, 0.3) is 0 Å². The first-order valence-corrected chi connectivity index (χ1v) is 18.7. The van der Waals surface area contributed by atoms with Gasteiger partial charge < -0.3 is 34.3 Å². The van der Waals surface area contributed by atoms with Crippen molar-refractivity contribution in [2.75, 3.05) is 53.6 Å². The minimum absolute atomic E-state index is 0. The number of carboxylic acid groups (broad SMARTS) is 1. The fourth-order valence-corrected chi connectivity index (χ4v) is 6.50. The van der Waals surface area contributed by atoms with Crippen LogP contribution in [0.1, 0.15) is 49.7 Å². The molecule has 0 unspecified atom stereocenters. The SMILES string of the molecule is COc1ccccc1CC(=O)N1CCC(CCOc2ccccc2)CC1.COc1ccccc1CC(=O)O.Cl.F.c1ccc(OCCC2CCNCC2)cc1. The number of hydrogen-bond donors (Lipinski definition) is 2. The summed E-state index contributed by atoms with van der Waals surface area (Å²) in [6.07, 6.45) is 7.36. The number of aliphatic carboxylic acids is 1. The number of carbonyl (C=O) groups excluding carboxylic acids is 1. The lowest BCUT2D eigenvalue weighted by atomic mass is 9.93. The number of halogens is 2. The lowest BCUT2D eigenvalue weighted by Crippen LogP contribution is -2.39. The van der Waals surface area contributed by atoms with Gasteiger partial charge in [-0.15, -0.1) is 12.4 Å². The van der Waals surface area contributed by atoms with E-state index in [0.717, 1.165) is 74.3 Å². The summed E-state index contributed by atoms with van der Waals surface area (Å²) < 4.78 is 21.8. The molecule has 2 heterocycles. The van der Waals surface area contributed by atoms with Crippen LogP contribution >= 0.6 is 12.4 Å². The third kappa shape index (κ3) is 17.5. The van der Waals surface area contributed by atoms with Crippen LogP contribution in [-0.4, -0.2) is 75.5 Å². The third-order valence-electron chi connectivity index (χ3n) is 9.57. The Morgan fingerprint density at radius 2 is 1.05 bits per heavy atom. The van der Waals surface area contributed by atoms with E-state index in [1.54, 1.807) is 25.3 Å². The van der Waals surface area contributed by atoms with Gasteiger partial charge in [0.1, 0.15) is 23.0 Å². The molecule has 9 nitrogen and oxygen atoms in total. The lowest BCUT2D eigenvalue weighted by Gasteiger charge is -2.32. The minimum Gasteiger partial charge on any atom is -0.496 e. The van der Waals surface area contributed by atoms with Crippen molar-refractivity contribution in [3.05, 3.63) is 120 Å². The van der Waals surface area contributed by atoms with Gasteiger partial charge in [-0.25, -0.2) is 0 Å². The van der Waals surface area contributed by atoms with E-state index in [1.807, 2.05) is 95.9 Å². The molecule has 4 aromatic rings. The summed E-state index contributed by atoms with van der Waals surface area (Å²) in [7, 11) is 3.17. The Bertz CT molecular complexity index is 1620. The summed E-state index contributed by atoms with van der Waals surface area (Å²) in [6, 6.07) is 34.8. The molecule has 0 aliphatic carbocycles. The molecule has 300 valence electrons. The highest BCUT2D eigenvalue weighted by molar-refractivity contribution is 5.85. The van der Waals surface area contributed by atoms with Crippen molar-refractivity contribution in [2.24, 2.45) is 11.8 Å². The molecular formula is C44H58ClFN2O7. The first-order chi connectivity index (χ1) is 25.9. The molecule has 1 amide bonds. The van der Waals surface area contributed by atoms with E-state index in [9.17, 15) is 9.59 Å². The number of ether oxygens (including phenoxy) is 4. The van der Waals surface area contributed by atoms with Crippen LogP contribution in [0, 0.1) is 11.8 Å². The van der Waals surface area contributed by atoms with E-state index >= 15 is 0 Å². The average molecular weight is 781 g/mol. The maximum atomic E-state index is 12.6. The Hall–Kier alpha value is -4.80. The molecular weight excluding hydrogens is 723 g/mol. The quantitative estimate of drug-likeness (QED) is 0.132. The van der Waals surface area contributed by atoms with Gasteiger partial charge in [-0.1, -0.05) is 72.8 Å². The summed E-state index contributed by atoms with van der Waals surface area (Å²) in [5, 5.41) is 11.9. The van der Waals surface area contributed by atoms with Crippen LogP contribution in [-0.2, 0) is 22.4 Å². The minimum atomic E-state index is -0.848. The molecule has 55 heavy (non-hydrogen) atoms. The zero-order valence-electron chi connectivity index (χ0n) is 32.1. The molecule has 6 rings (SSSR count). The summed E-state index contributed by atoms with van der Waals surface area (Å²) in [5.74, 6) is 4.16. The van der Waals surface area contributed by atoms with E-state index in [1.165, 1.54) is 39.5 Å². The normalized spacial score (nSPS) is 13.9. The molecule has 0 bridgehead atoms. The number of nitrogens with one attached hydrogen (secondary N) is 1. The predicted octanol–water partition coefficient (Wildman–Crippen LogP) is 8.30. The van der Waals surface area contributed by atoms with Crippen molar-refractivity contribution in [1.82, 2.24) is 10.2 Å². The average Bonchev–Trinajstić information content (AvgIpc) is 3.20. The number of methoxy groups -OCH3 is 2. The Morgan fingerprint density at radius 1 is 0.636 bits per heavy atom. The Kier molecular flexibility index (Phi) is 22.7. The molecule has 2 N–H and O–H groups in total. The molecule has 0 saturated carbocycles. The largest absolute Gasteiger partial charge is 0.496 e. The molecule has 11 heteroatoms. The monoisotopic (exact) mass is 780 g/mol. The molecule has 0 aromatic heterocycles. The number of likely N-dealkylation sites (tertiary alicyclic amines) is 1. The van der Waals surface area contributed by atoms with E-state index in [0.29, 0.717) is 23.7 Å². The maximum absolute atomic E-state index is 12.6. The number of amides is 1.